The van der Waals surface area contributed by atoms with Gasteiger partial charge in [-0.1, -0.05) is 13.8 Å². The van der Waals surface area contributed by atoms with Crippen LogP contribution in [0.5, 0.6) is 0 Å². The molecule has 1 aromatic carbocycles. The van der Waals surface area contributed by atoms with Crippen molar-refractivity contribution in [2.45, 2.75) is 33.1 Å². The van der Waals surface area contributed by atoms with Gasteiger partial charge in [-0.25, -0.2) is 0 Å². The predicted molar refractivity (Wildman–Crippen MR) is 77.0 cm³/mol. The summed E-state index contributed by atoms with van der Waals surface area (Å²) < 4.78 is 13.2. The molecule has 0 heterocycles. The average Bonchev–Trinajstić information content (AvgIpc) is 2.46. The highest BCUT2D eigenvalue weighted by molar-refractivity contribution is 5.94. The summed E-state index contributed by atoms with van der Waals surface area (Å²) in [7, 11) is 0. The Kier molecular flexibility index (Phi) is 5.56. The molecule has 0 aliphatic heterocycles. The molecule has 7 nitrogen and oxygen atoms in total. The number of nitrogens with one attached hydrogen (secondary N) is 1. The first-order valence-electron chi connectivity index (χ1n) is 6.73. The minimum Gasteiger partial charge on any atom is -0.481 e. The summed E-state index contributed by atoms with van der Waals surface area (Å²) in [6, 6.07) is 2.95. The van der Waals surface area contributed by atoms with Crippen LogP contribution in [-0.2, 0) is 9.59 Å². The molecule has 0 bridgehead atoms. The van der Waals surface area contributed by atoms with Gasteiger partial charge in [0.25, 0.3) is 0 Å². The molecular formula is C14H17FN2O5. The molecule has 0 spiro atoms. The van der Waals surface area contributed by atoms with E-state index in [1.165, 1.54) is 6.07 Å². The molecule has 0 fully saturated rings. The summed E-state index contributed by atoms with van der Waals surface area (Å²) >= 11 is 0. The van der Waals surface area contributed by atoms with E-state index in [-0.39, 0.29) is 24.9 Å². The van der Waals surface area contributed by atoms with Crippen LogP contribution in [0, 0.1) is 21.3 Å². The maximum absolute atomic E-state index is 13.2. The third-order valence-electron chi connectivity index (χ3n) is 3.73. The fourth-order valence-electron chi connectivity index (χ4n) is 2.12. The molecule has 0 aliphatic rings. The highest BCUT2D eigenvalue weighted by Gasteiger charge is 2.37. The lowest BCUT2D eigenvalue weighted by Crippen LogP contribution is -2.34. The SMILES string of the molecule is CCC(CC)(CC(=O)Nc1ccc(F)c([N+](=O)[O-])c1)C(=O)O. The van der Waals surface area contributed by atoms with E-state index in [0.717, 1.165) is 12.1 Å². The Bertz CT molecular complexity index is 599. The van der Waals surface area contributed by atoms with Crippen molar-refractivity contribution >= 4 is 23.3 Å². The topological polar surface area (TPSA) is 110 Å². The van der Waals surface area contributed by atoms with Crippen LogP contribution in [0.25, 0.3) is 0 Å². The number of benzene rings is 1. The molecule has 22 heavy (non-hydrogen) atoms. The van der Waals surface area contributed by atoms with E-state index in [0.29, 0.717) is 0 Å². The van der Waals surface area contributed by atoms with Crippen molar-refractivity contribution in [1.82, 2.24) is 0 Å². The molecule has 1 rings (SSSR count). The molecule has 120 valence electrons. The molecule has 0 saturated heterocycles. The van der Waals surface area contributed by atoms with Gasteiger partial charge in [0, 0.05) is 18.2 Å². The van der Waals surface area contributed by atoms with Crippen molar-refractivity contribution in [1.29, 1.82) is 0 Å². The summed E-state index contributed by atoms with van der Waals surface area (Å²) in [4.78, 5) is 33.1. The molecule has 1 aromatic rings. The van der Waals surface area contributed by atoms with Gasteiger partial charge in [-0.15, -0.1) is 0 Å². The predicted octanol–water partition coefficient (Wildman–Crippen LogP) is 2.95. The summed E-state index contributed by atoms with van der Waals surface area (Å²) in [5, 5.41) is 22.3. The third kappa shape index (κ3) is 3.78. The fourth-order valence-corrected chi connectivity index (χ4v) is 2.12. The molecule has 0 unspecified atom stereocenters. The molecule has 1 amide bonds. The Hall–Kier alpha value is -2.51. The van der Waals surface area contributed by atoms with Crippen LogP contribution in [0.1, 0.15) is 33.1 Å². The van der Waals surface area contributed by atoms with Crippen molar-refractivity contribution in [3.8, 4) is 0 Å². The Balaban J connectivity index is 2.91. The number of anilines is 1. The van der Waals surface area contributed by atoms with E-state index in [4.69, 9.17) is 0 Å². The van der Waals surface area contributed by atoms with Crippen LogP contribution in [0.4, 0.5) is 15.8 Å². The first-order valence-corrected chi connectivity index (χ1v) is 6.73. The van der Waals surface area contributed by atoms with E-state index in [2.05, 4.69) is 5.32 Å². The number of hydrogen-bond acceptors (Lipinski definition) is 4. The number of rotatable bonds is 7. The highest BCUT2D eigenvalue weighted by atomic mass is 19.1. The number of carbonyl (C=O) groups is 2. The van der Waals surface area contributed by atoms with Crippen molar-refractivity contribution < 1.29 is 24.0 Å². The first kappa shape index (κ1) is 17.5. The first-order chi connectivity index (χ1) is 10.3. The van der Waals surface area contributed by atoms with Crippen LogP contribution in [0.2, 0.25) is 0 Å². The number of aliphatic carboxylic acids is 1. The summed E-state index contributed by atoms with van der Waals surface area (Å²) in [5.41, 5.74) is -1.89. The van der Waals surface area contributed by atoms with Gasteiger partial charge in [-0.2, -0.15) is 4.39 Å². The van der Waals surface area contributed by atoms with E-state index in [1.807, 2.05) is 0 Å². The zero-order valence-electron chi connectivity index (χ0n) is 12.3. The van der Waals surface area contributed by atoms with Crippen LogP contribution in [0.15, 0.2) is 18.2 Å². The Labute approximate surface area is 126 Å². The molecule has 0 aromatic heterocycles. The maximum atomic E-state index is 13.2. The quantitative estimate of drug-likeness (QED) is 0.594. The van der Waals surface area contributed by atoms with Gasteiger partial charge < -0.3 is 10.4 Å². The van der Waals surface area contributed by atoms with Gasteiger partial charge in [0.2, 0.25) is 11.7 Å². The smallest absolute Gasteiger partial charge is 0.310 e. The lowest BCUT2D eigenvalue weighted by molar-refractivity contribution is -0.387. The Morgan fingerprint density at radius 2 is 1.95 bits per heavy atom. The van der Waals surface area contributed by atoms with E-state index in [1.54, 1.807) is 13.8 Å². The fraction of sp³-hybridized carbons (Fsp3) is 0.429. The van der Waals surface area contributed by atoms with Crippen molar-refractivity contribution in [3.63, 3.8) is 0 Å². The number of carbonyl (C=O) groups excluding carboxylic acids is 1. The van der Waals surface area contributed by atoms with Crippen LogP contribution in [-0.4, -0.2) is 21.9 Å². The molecule has 2 N–H and O–H groups in total. The van der Waals surface area contributed by atoms with Crippen molar-refractivity contribution in [2.24, 2.45) is 5.41 Å². The summed E-state index contributed by atoms with van der Waals surface area (Å²) in [5.74, 6) is -2.67. The Morgan fingerprint density at radius 3 is 2.41 bits per heavy atom. The van der Waals surface area contributed by atoms with Crippen LogP contribution < -0.4 is 5.32 Å². The number of hydrogen-bond donors (Lipinski definition) is 2. The second-order valence-corrected chi connectivity index (χ2v) is 4.94. The number of carboxylic acids is 1. The zero-order valence-corrected chi connectivity index (χ0v) is 12.3. The van der Waals surface area contributed by atoms with E-state index in [9.17, 15) is 29.2 Å². The van der Waals surface area contributed by atoms with Gasteiger partial charge in [0.15, 0.2) is 0 Å². The average molecular weight is 312 g/mol. The number of nitrogens with zero attached hydrogens (tertiary/aromatic N) is 1. The molecular weight excluding hydrogens is 295 g/mol. The number of halogens is 1. The lowest BCUT2D eigenvalue weighted by Gasteiger charge is -2.25. The van der Waals surface area contributed by atoms with Crippen molar-refractivity contribution in [2.75, 3.05) is 5.32 Å². The molecule has 0 aliphatic carbocycles. The van der Waals surface area contributed by atoms with E-state index < -0.39 is 33.7 Å². The van der Waals surface area contributed by atoms with Gasteiger partial charge >= 0.3 is 11.7 Å². The van der Waals surface area contributed by atoms with Gasteiger partial charge in [-0.05, 0) is 25.0 Å². The minimum absolute atomic E-state index is 0.0459. The highest BCUT2D eigenvalue weighted by Crippen LogP contribution is 2.31. The van der Waals surface area contributed by atoms with E-state index >= 15 is 0 Å². The Morgan fingerprint density at radius 1 is 1.36 bits per heavy atom. The van der Waals surface area contributed by atoms with Crippen molar-refractivity contribution in [3.05, 3.63) is 34.1 Å². The van der Waals surface area contributed by atoms with Gasteiger partial charge in [-0.3, -0.25) is 19.7 Å². The normalized spacial score (nSPS) is 11.0. The third-order valence-corrected chi connectivity index (χ3v) is 3.73. The molecule has 0 radical (unpaired) electrons. The number of amides is 1. The molecule has 0 saturated carbocycles. The molecule has 0 atom stereocenters. The number of nitro groups is 1. The largest absolute Gasteiger partial charge is 0.481 e. The zero-order chi connectivity index (χ0) is 16.9. The molecule has 8 heteroatoms. The van der Waals surface area contributed by atoms with Gasteiger partial charge in [0.05, 0.1) is 10.3 Å². The van der Waals surface area contributed by atoms with Crippen LogP contribution >= 0.6 is 0 Å². The van der Waals surface area contributed by atoms with Gasteiger partial charge in [0.1, 0.15) is 0 Å². The summed E-state index contributed by atoms with van der Waals surface area (Å²) in [6.07, 6.45) is 0.284. The second kappa shape index (κ2) is 6.97. The monoisotopic (exact) mass is 312 g/mol. The maximum Gasteiger partial charge on any atom is 0.310 e. The number of nitro benzene ring substituents is 1. The summed E-state index contributed by atoms with van der Waals surface area (Å²) in [6.45, 7) is 3.35. The lowest BCUT2D eigenvalue weighted by atomic mass is 9.79. The minimum atomic E-state index is -1.18. The second-order valence-electron chi connectivity index (χ2n) is 4.94. The van der Waals surface area contributed by atoms with Crippen LogP contribution in [0.3, 0.4) is 0 Å². The number of carboxylic acid groups (broad SMARTS) is 1. The standard InChI is InChI=1S/C14H17FN2O5/c1-3-14(4-2,13(19)20)8-12(18)16-9-5-6-10(15)11(7-9)17(21)22/h5-7H,3-4,8H2,1-2H3,(H,16,18)(H,19,20).